The fourth-order valence-corrected chi connectivity index (χ4v) is 4.60. The summed E-state index contributed by atoms with van der Waals surface area (Å²) in [6, 6.07) is 22.5. The number of hydrogen-bond acceptors (Lipinski definition) is 1. The molecule has 0 unspecified atom stereocenters. The van der Waals surface area contributed by atoms with Gasteiger partial charge in [0.15, 0.2) is 5.78 Å². The molecule has 1 aliphatic rings. The average molecular weight is 364 g/mol. The molecule has 3 aromatic rings. The third kappa shape index (κ3) is 2.66. The molecule has 4 rings (SSSR count). The Balaban J connectivity index is 1.92. The zero-order valence-electron chi connectivity index (χ0n) is 16.2. The van der Waals surface area contributed by atoms with Crippen molar-refractivity contribution in [1.29, 1.82) is 0 Å². The Morgan fingerprint density at radius 1 is 0.857 bits per heavy atom. The van der Waals surface area contributed by atoms with Crippen molar-refractivity contribution in [1.82, 2.24) is 0 Å². The molecule has 28 heavy (non-hydrogen) atoms. The molecular formula is C27H24O. The van der Waals surface area contributed by atoms with Gasteiger partial charge in [-0.2, -0.15) is 0 Å². The molecule has 0 atom stereocenters. The van der Waals surface area contributed by atoms with Gasteiger partial charge in [-0.15, -0.1) is 13.2 Å². The highest BCUT2D eigenvalue weighted by Crippen LogP contribution is 2.53. The Kier molecular flexibility index (Phi) is 4.60. The lowest BCUT2D eigenvalue weighted by molar-refractivity contribution is 0.103. The average Bonchev–Trinajstić information content (AvgIpc) is 2.98. The number of allylic oxidation sites excluding steroid dienone is 2. The van der Waals surface area contributed by atoms with Crippen LogP contribution in [-0.4, -0.2) is 5.78 Å². The van der Waals surface area contributed by atoms with E-state index in [0.29, 0.717) is 0 Å². The minimum Gasteiger partial charge on any atom is -0.289 e. The minimum absolute atomic E-state index is 0.0722. The molecular weight excluding hydrogens is 340 g/mol. The summed E-state index contributed by atoms with van der Waals surface area (Å²) in [5.41, 5.74) is 7.24. The van der Waals surface area contributed by atoms with Crippen LogP contribution in [0.2, 0.25) is 0 Å². The molecule has 0 saturated heterocycles. The smallest absolute Gasteiger partial charge is 0.193 e. The predicted molar refractivity (Wildman–Crippen MR) is 117 cm³/mol. The Morgan fingerprint density at radius 2 is 1.50 bits per heavy atom. The molecule has 1 heteroatoms. The molecule has 138 valence electrons. The Morgan fingerprint density at radius 3 is 2.21 bits per heavy atom. The lowest BCUT2D eigenvalue weighted by Crippen LogP contribution is -2.24. The van der Waals surface area contributed by atoms with Crippen LogP contribution in [0.1, 0.15) is 45.5 Å². The number of carbonyl (C=O) groups is 1. The van der Waals surface area contributed by atoms with Crippen molar-refractivity contribution in [3.8, 4) is 11.1 Å². The molecule has 0 aromatic heterocycles. The largest absolute Gasteiger partial charge is 0.289 e. The SMILES string of the molecule is C=CCC1(CC=C)c2ccccc2-c2ccc(C(=O)c3ccccc3C)cc21. The number of benzene rings is 3. The first-order chi connectivity index (χ1) is 13.6. The maximum absolute atomic E-state index is 13.2. The number of rotatable bonds is 6. The molecule has 0 N–H and O–H groups in total. The van der Waals surface area contributed by atoms with Gasteiger partial charge in [-0.1, -0.05) is 72.8 Å². The van der Waals surface area contributed by atoms with Gasteiger partial charge in [0, 0.05) is 16.5 Å². The van der Waals surface area contributed by atoms with Gasteiger partial charge in [-0.05, 0) is 53.6 Å². The topological polar surface area (TPSA) is 17.1 Å². The predicted octanol–water partition coefficient (Wildman–Crippen LogP) is 6.64. The number of aryl methyl sites for hydroxylation is 1. The summed E-state index contributed by atoms with van der Waals surface area (Å²) >= 11 is 0. The van der Waals surface area contributed by atoms with Gasteiger partial charge in [-0.25, -0.2) is 0 Å². The highest BCUT2D eigenvalue weighted by Gasteiger charge is 2.41. The van der Waals surface area contributed by atoms with E-state index in [1.807, 2.05) is 49.4 Å². The van der Waals surface area contributed by atoms with Crippen LogP contribution >= 0.6 is 0 Å². The number of fused-ring (bicyclic) bond motifs is 3. The van der Waals surface area contributed by atoms with Gasteiger partial charge in [0.2, 0.25) is 0 Å². The quantitative estimate of drug-likeness (QED) is 0.354. The molecule has 0 aliphatic heterocycles. The molecule has 0 radical (unpaired) electrons. The van der Waals surface area contributed by atoms with E-state index < -0.39 is 0 Å². The summed E-state index contributed by atoms with van der Waals surface area (Å²) in [6.45, 7) is 10.0. The van der Waals surface area contributed by atoms with Gasteiger partial charge < -0.3 is 0 Å². The van der Waals surface area contributed by atoms with Gasteiger partial charge >= 0.3 is 0 Å². The van der Waals surface area contributed by atoms with E-state index in [2.05, 4.69) is 49.6 Å². The molecule has 0 amide bonds. The molecule has 1 nitrogen and oxygen atoms in total. The van der Waals surface area contributed by atoms with Crippen molar-refractivity contribution in [2.24, 2.45) is 0 Å². The van der Waals surface area contributed by atoms with Crippen molar-refractivity contribution in [3.05, 3.63) is 120 Å². The van der Waals surface area contributed by atoms with Crippen LogP contribution in [-0.2, 0) is 5.41 Å². The third-order valence-electron chi connectivity index (χ3n) is 5.91. The Bertz CT molecular complexity index is 1080. The second-order valence-corrected chi connectivity index (χ2v) is 7.52. The molecule has 0 spiro atoms. The second-order valence-electron chi connectivity index (χ2n) is 7.52. The van der Waals surface area contributed by atoms with Gasteiger partial charge in [0.1, 0.15) is 0 Å². The van der Waals surface area contributed by atoms with E-state index in [1.54, 1.807) is 0 Å². The first-order valence-electron chi connectivity index (χ1n) is 9.69. The highest BCUT2D eigenvalue weighted by atomic mass is 16.1. The lowest BCUT2D eigenvalue weighted by atomic mass is 9.72. The Labute approximate surface area is 167 Å². The van der Waals surface area contributed by atoms with Gasteiger partial charge in [-0.3, -0.25) is 4.79 Å². The third-order valence-corrected chi connectivity index (χ3v) is 5.91. The molecule has 0 fully saturated rings. The fourth-order valence-electron chi connectivity index (χ4n) is 4.60. The van der Waals surface area contributed by atoms with Crippen molar-refractivity contribution < 1.29 is 4.79 Å². The molecule has 0 saturated carbocycles. The van der Waals surface area contributed by atoms with Crippen molar-refractivity contribution in [2.45, 2.75) is 25.2 Å². The minimum atomic E-state index is -0.211. The molecule has 0 bridgehead atoms. The highest BCUT2D eigenvalue weighted by molar-refractivity contribution is 6.10. The van der Waals surface area contributed by atoms with Crippen LogP contribution in [0.3, 0.4) is 0 Å². The first kappa shape index (κ1) is 18.2. The van der Waals surface area contributed by atoms with E-state index in [0.717, 1.165) is 29.5 Å². The molecule has 0 heterocycles. The van der Waals surface area contributed by atoms with E-state index in [9.17, 15) is 4.79 Å². The summed E-state index contributed by atoms with van der Waals surface area (Å²) < 4.78 is 0. The lowest BCUT2D eigenvalue weighted by Gasteiger charge is -2.30. The van der Waals surface area contributed by atoms with Crippen LogP contribution in [0, 0.1) is 6.92 Å². The van der Waals surface area contributed by atoms with Crippen LogP contribution < -0.4 is 0 Å². The molecule has 1 aliphatic carbocycles. The summed E-state index contributed by atoms with van der Waals surface area (Å²) in [7, 11) is 0. The monoisotopic (exact) mass is 364 g/mol. The Hall–Kier alpha value is -3.19. The second kappa shape index (κ2) is 7.09. The normalized spacial score (nSPS) is 13.5. The summed E-state index contributed by atoms with van der Waals surface area (Å²) in [4.78, 5) is 13.2. The fraction of sp³-hybridized carbons (Fsp3) is 0.148. The number of carbonyl (C=O) groups excluding carboxylic acids is 1. The van der Waals surface area contributed by atoms with Gasteiger partial charge in [0.05, 0.1) is 0 Å². The van der Waals surface area contributed by atoms with Gasteiger partial charge in [0.25, 0.3) is 0 Å². The van der Waals surface area contributed by atoms with Crippen molar-refractivity contribution >= 4 is 5.78 Å². The van der Waals surface area contributed by atoms with E-state index >= 15 is 0 Å². The summed E-state index contributed by atoms with van der Waals surface area (Å²) in [5.74, 6) is 0.0722. The zero-order valence-corrected chi connectivity index (χ0v) is 16.2. The van der Waals surface area contributed by atoms with Crippen LogP contribution in [0.25, 0.3) is 11.1 Å². The summed E-state index contributed by atoms with van der Waals surface area (Å²) in [5, 5.41) is 0. The maximum Gasteiger partial charge on any atom is 0.193 e. The summed E-state index contributed by atoms with van der Waals surface area (Å²) in [6.07, 6.45) is 5.58. The molecule has 3 aromatic carbocycles. The van der Waals surface area contributed by atoms with E-state index in [1.165, 1.54) is 22.3 Å². The van der Waals surface area contributed by atoms with Crippen molar-refractivity contribution in [2.75, 3.05) is 0 Å². The number of ketones is 1. The van der Waals surface area contributed by atoms with E-state index in [4.69, 9.17) is 0 Å². The number of hydrogen-bond donors (Lipinski definition) is 0. The standard InChI is InChI=1S/C27H24O/c1-4-16-27(17-5-2)24-13-9-8-12-22(24)23-15-14-20(18-25(23)27)26(28)21-11-7-6-10-19(21)3/h4-15,18H,1-2,16-17H2,3H3. The maximum atomic E-state index is 13.2. The van der Waals surface area contributed by atoms with Crippen LogP contribution in [0.15, 0.2) is 92.0 Å². The first-order valence-corrected chi connectivity index (χ1v) is 9.69. The van der Waals surface area contributed by atoms with Crippen LogP contribution in [0.4, 0.5) is 0 Å². The van der Waals surface area contributed by atoms with E-state index in [-0.39, 0.29) is 11.2 Å². The van der Waals surface area contributed by atoms with Crippen LogP contribution in [0.5, 0.6) is 0 Å². The zero-order chi connectivity index (χ0) is 19.7. The van der Waals surface area contributed by atoms with Crippen molar-refractivity contribution in [3.63, 3.8) is 0 Å².